The zero-order valence-corrected chi connectivity index (χ0v) is 9.94. The molecule has 0 aliphatic carbocycles. The molecule has 0 spiro atoms. The number of fused-ring (bicyclic) bond motifs is 1. The summed E-state index contributed by atoms with van der Waals surface area (Å²) in [6.07, 6.45) is 4.05. The average molecular weight is 272 g/mol. The Morgan fingerprint density at radius 1 is 1.71 bits per heavy atom. The van der Waals surface area contributed by atoms with Gasteiger partial charge in [0.2, 0.25) is 0 Å². The van der Waals surface area contributed by atoms with E-state index in [9.17, 15) is 0 Å². The van der Waals surface area contributed by atoms with Crippen LogP contribution in [0.5, 0.6) is 0 Å². The lowest BCUT2D eigenvalue weighted by Gasteiger charge is -1.98. The largest absolute Gasteiger partial charge is 0.306 e. The minimum Gasteiger partial charge on any atom is -0.306 e. The molecule has 1 N–H and O–H groups in total. The van der Waals surface area contributed by atoms with Crippen molar-refractivity contribution in [3.05, 3.63) is 34.5 Å². The Morgan fingerprint density at radius 3 is 3.29 bits per heavy atom. The number of halogens is 1. The summed E-state index contributed by atoms with van der Waals surface area (Å²) >= 11 is 4.94. The van der Waals surface area contributed by atoms with Crippen molar-refractivity contribution in [2.75, 3.05) is 6.54 Å². The Morgan fingerprint density at radius 2 is 2.57 bits per heavy atom. The van der Waals surface area contributed by atoms with Gasteiger partial charge in [-0.05, 0) is 0 Å². The third kappa shape index (κ3) is 2.23. The van der Waals surface area contributed by atoms with Gasteiger partial charge in [-0.15, -0.1) is 11.3 Å². The summed E-state index contributed by atoms with van der Waals surface area (Å²) in [5, 5.41) is 5.26. The van der Waals surface area contributed by atoms with Crippen molar-refractivity contribution in [2.45, 2.75) is 6.54 Å². The van der Waals surface area contributed by atoms with E-state index in [4.69, 9.17) is 0 Å². The van der Waals surface area contributed by atoms with Gasteiger partial charge in [-0.2, -0.15) is 0 Å². The first-order valence-corrected chi connectivity index (χ1v) is 5.88. The van der Waals surface area contributed by atoms with E-state index in [0.717, 1.165) is 28.2 Å². The molecule has 0 unspecified atom stereocenters. The number of thiazole rings is 1. The number of nitrogens with one attached hydrogen (secondary N) is 1. The Labute approximate surface area is 94.6 Å². The SMILES string of the molecule is C=C(Br)CNCc1cn2ccsc2n1. The fourth-order valence-electron chi connectivity index (χ4n) is 1.19. The van der Waals surface area contributed by atoms with Gasteiger partial charge < -0.3 is 5.32 Å². The molecule has 14 heavy (non-hydrogen) atoms. The first-order valence-electron chi connectivity index (χ1n) is 4.21. The molecule has 0 radical (unpaired) electrons. The van der Waals surface area contributed by atoms with Crippen molar-refractivity contribution >= 4 is 32.2 Å². The highest BCUT2D eigenvalue weighted by atomic mass is 79.9. The number of rotatable bonds is 4. The van der Waals surface area contributed by atoms with E-state index in [1.54, 1.807) is 11.3 Å². The topological polar surface area (TPSA) is 29.3 Å². The Kier molecular flexibility index (Phi) is 3.00. The number of hydrogen-bond acceptors (Lipinski definition) is 3. The van der Waals surface area contributed by atoms with Crippen molar-refractivity contribution < 1.29 is 0 Å². The van der Waals surface area contributed by atoms with Crippen molar-refractivity contribution in [1.82, 2.24) is 14.7 Å². The van der Waals surface area contributed by atoms with Crippen LogP contribution >= 0.6 is 27.3 Å². The maximum absolute atomic E-state index is 4.44. The molecule has 2 aromatic rings. The Balaban J connectivity index is 1.98. The highest BCUT2D eigenvalue weighted by Gasteiger charge is 2.01. The monoisotopic (exact) mass is 271 g/mol. The lowest BCUT2D eigenvalue weighted by molar-refractivity contribution is 0.742. The molecule has 0 aliphatic rings. The van der Waals surface area contributed by atoms with Gasteiger partial charge in [-0.25, -0.2) is 4.98 Å². The molecular formula is C9H10BrN3S. The second-order valence-corrected chi connectivity index (χ2v) is 4.94. The van der Waals surface area contributed by atoms with Crippen LogP contribution in [-0.2, 0) is 6.54 Å². The van der Waals surface area contributed by atoms with Gasteiger partial charge >= 0.3 is 0 Å². The summed E-state index contributed by atoms with van der Waals surface area (Å²) in [5.41, 5.74) is 1.06. The quantitative estimate of drug-likeness (QED) is 0.926. The molecule has 0 bridgehead atoms. The third-order valence-corrected chi connectivity index (χ3v) is 2.82. The lowest BCUT2D eigenvalue weighted by atomic mass is 10.4. The van der Waals surface area contributed by atoms with Gasteiger partial charge in [0.1, 0.15) is 0 Å². The van der Waals surface area contributed by atoms with Crippen LogP contribution in [0, 0.1) is 0 Å². The van der Waals surface area contributed by atoms with Crippen molar-refractivity contribution in [2.24, 2.45) is 0 Å². The fourth-order valence-corrected chi connectivity index (χ4v) is 2.10. The van der Waals surface area contributed by atoms with E-state index in [1.165, 1.54) is 0 Å². The smallest absolute Gasteiger partial charge is 0.193 e. The normalized spacial score (nSPS) is 10.9. The molecule has 3 nitrogen and oxygen atoms in total. The molecule has 0 saturated heterocycles. The maximum Gasteiger partial charge on any atom is 0.193 e. The standard InChI is InChI=1S/C9H10BrN3S/c1-7(10)4-11-5-8-6-13-2-3-14-9(13)12-8/h2-3,6,11H,1,4-5H2. The summed E-state index contributed by atoms with van der Waals surface area (Å²) in [5.74, 6) is 0. The van der Waals surface area contributed by atoms with Gasteiger partial charge in [-0.3, -0.25) is 4.40 Å². The molecule has 0 amide bonds. The van der Waals surface area contributed by atoms with Gasteiger partial charge in [0.15, 0.2) is 4.96 Å². The van der Waals surface area contributed by atoms with E-state index in [1.807, 2.05) is 22.2 Å². The van der Waals surface area contributed by atoms with Gasteiger partial charge in [0.25, 0.3) is 0 Å². The molecule has 0 fully saturated rings. The van der Waals surface area contributed by atoms with E-state index in [0.29, 0.717) is 0 Å². The van der Waals surface area contributed by atoms with Crippen LogP contribution < -0.4 is 5.32 Å². The van der Waals surface area contributed by atoms with Gasteiger partial charge in [-0.1, -0.05) is 22.5 Å². The van der Waals surface area contributed by atoms with Crippen LogP contribution in [0.2, 0.25) is 0 Å². The second-order valence-electron chi connectivity index (χ2n) is 2.95. The van der Waals surface area contributed by atoms with Crippen molar-refractivity contribution in [3.8, 4) is 0 Å². The molecule has 2 aromatic heterocycles. The second kappa shape index (κ2) is 4.25. The first kappa shape index (κ1) is 9.89. The summed E-state index contributed by atoms with van der Waals surface area (Å²) in [6, 6.07) is 0. The van der Waals surface area contributed by atoms with E-state index in [2.05, 4.69) is 32.8 Å². The first-order chi connectivity index (χ1) is 6.75. The lowest BCUT2D eigenvalue weighted by Crippen LogP contribution is -2.14. The fraction of sp³-hybridized carbons (Fsp3) is 0.222. The van der Waals surface area contributed by atoms with Crippen molar-refractivity contribution in [1.29, 1.82) is 0 Å². The predicted octanol–water partition coefficient (Wildman–Crippen LogP) is 2.39. The number of hydrogen-bond donors (Lipinski definition) is 1. The van der Waals surface area contributed by atoms with Gasteiger partial charge in [0, 0.05) is 35.3 Å². The molecule has 2 heterocycles. The Hall–Kier alpha value is -0.650. The van der Waals surface area contributed by atoms with E-state index < -0.39 is 0 Å². The zero-order valence-electron chi connectivity index (χ0n) is 7.53. The summed E-state index contributed by atoms with van der Waals surface area (Å²) in [4.78, 5) is 5.48. The predicted molar refractivity (Wildman–Crippen MR) is 62.8 cm³/mol. The summed E-state index contributed by atoms with van der Waals surface area (Å²) in [7, 11) is 0. The molecule has 0 aromatic carbocycles. The average Bonchev–Trinajstić information content (AvgIpc) is 2.62. The van der Waals surface area contributed by atoms with Crippen LogP contribution in [0.3, 0.4) is 0 Å². The number of aromatic nitrogens is 2. The van der Waals surface area contributed by atoms with Crippen LogP contribution in [0.1, 0.15) is 5.69 Å². The van der Waals surface area contributed by atoms with Crippen molar-refractivity contribution in [3.63, 3.8) is 0 Å². The maximum atomic E-state index is 4.44. The Bertz CT molecular complexity index is 417. The van der Waals surface area contributed by atoms with E-state index in [-0.39, 0.29) is 0 Å². The molecule has 0 aliphatic heterocycles. The number of nitrogens with zero attached hydrogens (tertiary/aromatic N) is 2. The molecule has 74 valence electrons. The minimum absolute atomic E-state index is 0.769. The molecule has 0 atom stereocenters. The highest BCUT2D eigenvalue weighted by Crippen LogP contribution is 2.11. The van der Waals surface area contributed by atoms with Crippen LogP contribution in [0.15, 0.2) is 28.8 Å². The third-order valence-electron chi connectivity index (χ3n) is 1.77. The van der Waals surface area contributed by atoms with Crippen LogP contribution in [-0.4, -0.2) is 15.9 Å². The molecule has 2 rings (SSSR count). The van der Waals surface area contributed by atoms with Crippen LogP contribution in [0.25, 0.3) is 4.96 Å². The van der Waals surface area contributed by atoms with E-state index >= 15 is 0 Å². The molecular weight excluding hydrogens is 262 g/mol. The summed E-state index contributed by atoms with van der Waals surface area (Å²) in [6.45, 7) is 5.30. The minimum atomic E-state index is 0.769. The molecule has 5 heteroatoms. The number of imidazole rings is 1. The van der Waals surface area contributed by atoms with Crippen LogP contribution in [0.4, 0.5) is 0 Å². The highest BCUT2D eigenvalue weighted by molar-refractivity contribution is 9.11. The zero-order chi connectivity index (χ0) is 9.97. The molecule has 0 saturated carbocycles. The summed E-state index contributed by atoms with van der Waals surface area (Å²) < 4.78 is 2.99. The van der Waals surface area contributed by atoms with Gasteiger partial charge in [0.05, 0.1) is 5.69 Å².